The number of carbonyl (C=O) groups is 1. The maximum Gasteiger partial charge on any atom is 0.345 e. The normalized spacial score (nSPS) is 12.9. The fourth-order valence-electron chi connectivity index (χ4n) is 1.83. The molecule has 0 aromatic heterocycles. The van der Waals surface area contributed by atoms with Crippen LogP contribution < -0.4 is 0 Å². The minimum absolute atomic E-state index is 0.390. The predicted molar refractivity (Wildman–Crippen MR) is 74.7 cm³/mol. The summed E-state index contributed by atoms with van der Waals surface area (Å²) < 4.78 is 28.5. The van der Waals surface area contributed by atoms with Crippen LogP contribution >= 0.6 is 0 Å². The molecule has 0 radical (unpaired) electrons. The van der Waals surface area contributed by atoms with Crippen LogP contribution in [0.25, 0.3) is 0 Å². The van der Waals surface area contributed by atoms with E-state index in [9.17, 15) is 18.3 Å². The standard InChI is InChI=1S/C14H20O5S/c1-3-5-8-11(4-2)14(16)19-20(17,18)13-10-7-6-9-12(13)15/h6-7,9-11,15H,3-5,8H2,1-2H3. The maximum atomic E-state index is 12.0. The molecule has 1 aromatic carbocycles. The molecule has 5 nitrogen and oxygen atoms in total. The Balaban J connectivity index is 2.85. The average Bonchev–Trinajstić information content (AvgIpc) is 2.39. The van der Waals surface area contributed by atoms with E-state index in [4.69, 9.17) is 0 Å². The molecule has 6 heteroatoms. The Hall–Kier alpha value is -1.56. The van der Waals surface area contributed by atoms with E-state index in [1.165, 1.54) is 24.3 Å². The first-order valence-electron chi connectivity index (χ1n) is 6.68. The summed E-state index contributed by atoms with van der Waals surface area (Å²) in [7, 11) is -4.27. The third kappa shape index (κ3) is 4.23. The number of phenols is 1. The number of para-hydroxylation sites is 1. The van der Waals surface area contributed by atoms with Gasteiger partial charge in [-0.1, -0.05) is 38.8 Å². The number of aromatic hydroxyl groups is 1. The van der Waals surface area contributed by atoms with Crippen LogP contribution in [-0.2, 0) is 19.1 Å². The van der Waals surface area contributed by atoms with Crippen molar-refractivity contribution in [2.45, 2.75) is 44.4 Å². The Bertz CT molecular complexity index is 550. The lowest BCUT2D eigenvalue weighted by atomic mass is 10.00. The summed E-state index contributed by atoms with van der Waals surface area (Å²) in [4.78, 5) is 11.5. The highest BCUT2D eigenvalue weighted by Gasteiger charge is 2.27. The smallest absolute Gasteiger partial charge is 0.345 e. The Labute approximate surface area is 119 Å². The summed E-state index contributed by atoms with van der Waals surface area (Å²) in [5, 5.41) is 9.53. The third-order valence-electron chi connectivity index (χ3n) is 3.06. The molecule has 1 N–H and O–H groups in total. The number of hydrogen-bond acceptors (Lipinski definition) is 5. The van der Waals surface area contributed by atoms with Gasteiger partial charge < -0.3 is 9.29 Å². The van der Waals surface area contributed by atoms with E-state index in [0.717, 1.165) is 12.8 Å². The molecule has 0 heterocycles. The van der Waals surface area contributed by atoms with Crippen molar-refractivity contribution in [3.63, 3.8) is 0 Å². The molecule has 0 saturated heterocycles. The Morgan fingerprint density at radius 3 is 2.50 bits per heavy atom. The van der Waals surface area contributed by atoms with Crippen molar-refractivity contribution >= 4 is 16.1 Å². The SMILES string of the molecule is CCCCC(CC)C(=O)OS(=O)(=O)c1ccccc1O. The lowest BCUT2D eigenvalue weighted by molar-refractivity contribution is -0.138. The van der Waals surface area contributed by atoms with Gasteiger partial charge in [-0.25, -0.2) is 0 Å². The second-order valence-corrected chi connectivity index (χ2v) is 6.09. The fourth-order valence-corrected chi connectivity index (χ4v) is 2.84. The predicted octanol–water partition coefficient (Wildman–Crippen LogP) is 2.84. The number of phenolic OH excluding ortho intramolecular Hbond substituents is 1. The van der Waals surface area contributed by atoms with Gasteiger partial charge in [0.05, 0.1) is 5.92 Å². The summed E-state index contributed by atoms with van der Waals surface area (Å²) in [5.41, 5.74) is 0. The summed E-state index contributed by atoms with van der Waals surface area (Å²) in [6, 6.07) is 5.38. The van der Waals surface area contributed by atoms with Crippen LogP contribution in [0.2, 0.25) is 0 Å². The quantitative estimate of drug-likeness (QED) is 0.783. The lowest BCUT2D eigenvalue weighted by Gasteiger charge is -2.13. The van der Waals surface area contributed by atoms with E-state index in [2.05, 4.69) is 4.18 Å². The van der Waals surface area contributed by atoms with Crippen LogP contribution in [0.4, 0.5) is 0 Å². The molecule has 0 fully saturated rings. The molecule has 112 valence electrons. The first-order valence-corrected chi connectivity index (χ1v) is 8.09. The van der Waals surface area contributed by atoms with Crippen molar-refractivity contribution in [2.75, 3.05) is 0 Å². The second-order valence-electron chi connectivity index (χ2n) is 4.57. The van der Waals surface area contributed by atoms with Gasteiger partial charge in [0.2, 0.25) is 0 Å². The minimum atomic E-state index is -4.27. The van der Waals surface area contributed by atoms with Crippen LogP contribution in [0.5, 0.6) is 5.75 Å². The number of benzene rings is 1. The Morgan fingerprint density at radius 1 is 1.30 bits per heavy atom. The van der Waals surface area contributed by atoms with Crippen LogP contribution in [0, 0.1) is 5.92 Å². The number of rotatable bonds is 7. The maximum absolute atomic E-state index is 12.0. The lowest BCUT2D eigenvalue weighted by Crippen LogP contribution is -2.21. The van der Waals surface area contributed by atoms with Gasteiger partial charge in [-0.15, -0.1) is 0 Å². The zero-order chi connectivity index (χ0) is 15.2. The first-order chi connectivity index (χ1) is 9.42. The van der Waals surface area contributed by atoms with Crippen LogP contribution in [0.15, 0.2) is 29.2 Å². The fraction of sp³-hybridized carbons (Fsp3) is 0.500. The molecule has 0 bridgehead atoms. The van der Waals surface area contributed by atoms with Crippen LogP contribution in [0.3, 0.4) is 0 Å². The van der Waals surface area contributed by atoms with Gasteiger partial charge in [0, 0.05) is 0 Å². The van der Waals surface area contributed by atoms with Crippen molar-refractivity contribution in [1.82, 2.24) is 0 Å². The van der Waals surface area contributed by atoms with E-state index >= 15 is 0 Å². The highest BCUT2D eigenvalue weighted by molar-refractivity contribution is 7.87. The van der Waals surface area contributed by atoms with Crippen molar-refractivity contribution < 1.29 is 22.5 Å². The van der Waals surface area contributed by atoms with Gasteiger partial charge >= 0.3 is 16.1 Å². The van der Waals surface area contributed by atoms with E-state index in [-0.39, 0.29) is 0 Å². The van der Waals surface area contributed by atoms with E-state index in [1.54, 1.807) is 0 Å². The van der Waals surface area contributed by atoms with Crippen molar-refractivity contribution in [3.8, 4) is 5.75 Å². The molecule has 1 unspecified atom stereocenters. The first kappa shape index (κ1) is 16.5. The van der Waals surface area contributed by atoms with E-state index in [0.29, 0.717) is 12.8 Å². The largest absolute Gasteiger partial charge is 0.506 e. The molecule has 1 atom stereocenters. The van der Waals surface area contributed by atoms with Gasteiger partial charge in [0.25, 0.3) is 0 Å². The van der Waals surface area contributed by atoms with Crippen molar-refractivity contribution in [1.29, 1.82) is 0 Å². The number of carbonyl (C=O) groups excluding carboxylic acids is 1. The molecule has 1 rings (SSSR count). The number of hydrogen-bond donors (Lipinski definition) is 1. The monoisotopic (exact) mass is 300 g/mol. The summed E-state index contributed by atoms with van der Waals surface area (Å²) >= 11 is 0. The molecule has 1 aromatic rings. The highest BCUT2D eigenvalue weighted by Crippen LogP contribution is 2.25. The zero-order valence-corrected chi connectivity index (χ0v) is 12.5. The summed E-state index contributed by atoms with van der Waals surface area (Å²) in [6.07, 6.45) is 2.89. The molecule has 0 aliphatic carbocycles. The van der Waals surface area contributed by atoms with Crippen molar-refractivity contribution in [2.24, 2.45) is 5.92 Å². The van der Waals surface area contributed by atoms with Crippen LogP contribution in [0.1, 0.15) is 39.5 Å². The summed E-state index contributed by atoms with van der Waals surface area (Å²) in [5.74, 6) is -1.62. The third-order valence-corrected chi connectivity index (χ3v) is 4.33. The van der Waals surface area contributed by atoms with Crippen molar-refractivity contribution in [3.05, 3.63) is 24.3 Å². The second kappa shape index (κ2) is 7.28. The van der Waals surface area contributed by atoms with E-state index < -0.39 is 32.7 Å². The van der Waals surface area contributed by atoms with Gasteiger partial charge in [0.15, 0.2) is 0 Å². The Kier molecular flexibility index (Phi) is 6.01. The number of unbranched alkanes of at least 4 members (excludes halogenated alkanes) is 1. The van der Waals surface area contributed by atoms with Gasteiger partial charge in [-0.05, 0) is 25.0 Å². The molecule has 0 saturated carbocycles. The molecule has 0 aliphatic rings. The molecule has 0 amide bonds. The van der Waals surface area contributed by atoms with Gasteiger partial charge in [-0.2, -0.15) is 8.42 Å². The average molecular weight is 300 g/mol. The minimum Gasteiger partial charge on any atom is -0.506 e. The van der Waals surface area contributed by atoms with Crippen LogP contribution in [-0.4, -0.2) is 19.5 Å². The molecular formula is C14H20O5S. The molecule has 0 spiro atoms. The van der Waals surface area contributed by atoms with Gasteiger partial charge in [-0.3, -0.25) is 4.79 Å². The topological polar surface area (TPSA) is 80.7 Å². The zero-order valence-electron chi connectivity index (χ0n) is 11.7. The molecule has 0 aliphatic heterocycles. The highest BCUT2D eigenvalue weighted by atomic mass is 32.2. The molecule has 20 heavy (non-hydrogen) atoms. The summed E-state index contributed by atoms with van der Waals surface area (Å²) in [6.45, 7) is 3.81. The van der Waals surface area contributed by atoms with E-state index in [1.807, 2.05) is 13.8 Å². The van der Waals surface area contributed by atoms with Gasteiger partial charge in [0.1, 0.15) is 10.6 Å². The molecular weight excluding hydrogens is 280 g/mol. The Morgan fingerprint density at radius 2 is 1.95 bits per heavy atom.